The van der Waals surface area contributed by atoms with Crippen molar-refractivity contribution in [1.29, 1.82) is 0 Å². The molecule has 32 heavy (non-hydrogen) atoms. The van der Waals surface area contributed by atoms with Crippen molar-refractivity contribution < 1.29 is 22.4 Å². The Balaban J connectivity index is 1.79. The Labute approximate surface area is 192 Å². The Hall–Kier alpha value is -2.65. The molecular weight excluding hydrogens is 457 g/mol. The maximum Gasteiger partial charge on any atom is 0.263 e. The van der Waals surface area contributed by atoms with Crippen molar-refractivity contribution in [3.8, 4) is 0 Å². The predicted octanol–water partition coefficient (Wildman–Crippen LogP) is 3.66. The lowest BCUT2D eigenvalue weighted by molar-refractivity contribution is -0.125. The van der Waals surface area contributed by atoms with Gasteiger partial charge in [-0.1, -0.05) is 25.4 Å². The van der Waals surface area contributed by atoms with E-state index in [1.54, 1.807) is 18.7 Å². The van der Waals surface area contributed by atoms with Crippen LogP contribution in [0.25, 0.3) is 0 Å². The molecule has 172 valence electrons. The number of halogens is 2. The molecule has 0 radical (unpaired) electrons. The molecule has 0 aromatic heterocycles. The maximum atomic E-state index is 13.1. The number of sulfonamides is 1. The van der Waals surface area contributed by atoms with E-state index >= 15 is 0 Å². The maximum absolute atomic E-state index is 13.1. The van der Waals surface area contributed by atoms with Crippen molar-refractivity contribution in [3.63, 3.8) is 0 Å². The Bertz CT molecular complexity index is 1110. The molecule has 1 heterocycles. The number of carbonyl (C=O) groups is 2. The number of likely N-dealkylation sites (tertiary alicyclic amines) is 1. The van der Waals surface area contributed by atoms with E-state index in [-0.39, 0.29) is 44.9 Å². The average molecular weight is 482 g/mol. The van der Waals surface area contributed by atoms with Gasteiger partial charge < -0.3 is 10.2 Å². The second-order valence-electron chi connectivity index (χ2n) is 8.01. The van der Waals surface area contributed by atoms with Crippen LogP contribution >= 0.6 is 11.6 Å². The quantitative estimate of drug-likeness (QED) is 0.658. The molecule has 2 aromatic rings. The third kappa shape index (κ3) is 5.77. The molecule has 1 atom stereocenters. The fraction of sp³-hybridized carbons (Fsp3) is 0.364. The number of amides is 2. The Morgan fingerprint density at radius 2 is 1.84 bits per heavy atom. The molecule has 3 rings (SSSR count). The standard InChI is InChI=1S/C22H25ClFN3O4S/c1-14(2)21(28)25-18-4-3-11-27(13-18)22(29)15-5-10-19(23)20(12-15)32(30,31)26-17-8-6-16(24)7-9-17/h5-10,12,14,18,26H,3-4,11,13H2,1-2H3,(H,25,28). The smallest absolute Gasteiger partial charge is 0.263 e. The molecule has 0 aliphatic carbocycles. The van der Waals surface area contributed by atoms with Crippen LogP contribution in [0, 0.1) is 11.7 Å². The topological polar surface area (TPSA) is 95.6 Å². The first kappa shape index (κ1) is 24.0. The minimum atomic E-state index is -4.11. The molecule has 1 aliphatic heterocycles. The third-order valence-corrected chi connectivity index (χ3v) is 7.01. The predicted molar refractivity (Wildman–Crippen MR) is 121 cm³/mol. The summed E-state index contributed by atoms with van der Waals surface area (Å²) in [5.74, 6) is -1.07. The minimum Gasteiger partial charge on any atom is -0.351 e. The van der Waals surface area contributed by atoms with Gasteiger partial charge in [0.1, 0.15) is 10.7 Å². The zero-order valence-corrected chi connectivity index (χ0v) is 19.3. The van der Waals surface area contributed by atoms with Gasteiger partial charge >= 0.3 is 0 Å². The molecule has 1 fully saturated rings. The summed E-state index contributed by atoms with van der Waals surface area (Å²) in [7, 11) is -4.11. The summed E-state index contributed by atoms with van der Waals surface area (Å²) in [4.78, 5) is 26.4. The molecule has 10 heteroatoms. The molecule has 7 nitrogen and oxygen atoms in total. The third-order valence-electron chi connectivity index (χ3n) is 5.14. The van der Waals surface area contributed by atoms with Crippen molar-refractivity contribution >= 4 is 39.1 Å². The van der Waals surface area contributed by atoms with Crippen molar-refractivity contribution in [2.75, 3.05) is 17.8 Å². The number of rotatable bonds is 6. The fourth-order valence-corrected chi connectivity index (χ4v) is 4.99. The summed E-state index contributed by atoms with van der Waals surface area (Å²) in [6.07, 6.45) is 1.49. The Kier molecular flexibility index (Phi) is 7.40. The van der Waals surface area contributed by atoms with Gasteiger partial charge in [0.05, 0.1) is 5.02 Å². The van der Waals surface area contributed by atoms with Gasteiger partial charge in [-0.2, -0.15) is 0 Å². The highest BCUT2D eigenvalue weighted by molar-refractivity contribution is 7.92. The average Bonchev–Trinajstić information content (AvgIpc) is 2.75. The van der Waals surface area contributed by atoms with Gasteiger partial charge in [-0.05, 0) is 55.3 Å². The number of hydrogen-bond acceptors (Lipinski definition) is 4. The van der Waals surface area contributed by atoms with E-state index in [0.29, 0.717) is 13.1 Å². The van der Waals surface area contributed by atoms with Crippen LogP contribution in [-0.4, -0.2) is 44.3 Å². The number of hydrogen-bond donors (Lipinski definition) is 2. The first-order valence-corrected chi connectivity index (χ1v) is 12.1. The number of nitrogens with one attached hydrogen (secondary N) is 2. The van der Waals surface area contributed by atoms with Crippen molar-refractivity contribution in [1.82, 2.24) is 10.2 Å². The molecule has 2 N–H and O–H groups in total. The highest BCUT2D eigenvalue weighted by Gasteiger charge is 2.27. The van der Waals surface area contributed by atoms with Crippen LogP contribution in [0.15, 0.2) is 47.4 Å². The SMILES string of the molecule is CC(C)C(=O)NC1CCCN(C(=O)c2ccc(Cl)c(S(=O)(=O)Nc3ccc(F)cc3)c2)C1. The number of nitrogens with zero attached hydrogens (tertiary/aromatic N) is 1. The van der Waals surface area contributed by atoms with Crippen LogP contribution in [0.3, 0.4) is 0 Å². The molecular formula is C22H25ClFN3O4S. The van der Waals surface area contributed by atoms with Crippen molar-refractivity contribution in [2.24, 2.45) is 5.92 Å². The zero-order chi connectivity index (χ0) is 23.5. The van der Waals surface area contributed by atoms with E-state index in [1.807, 2.05) is 0 Å². The second kappa shape index (κ2) is 9.87. The number of anilines is 1. The monoisotopic (exact) mass is 481 g/mol. The summed E-state index contributed by atoms with van der Waals surface area (Å²) in [5, 5.41) is 2.90. The normalized spacial score (nSPS) is 16.7. The van der Waals surface area contributed by atoms with E-state index in [9.17, 15) is 22.4 Å². The van der Waals surface area contributed by atoms with Gasteiger partial charge in [-0.15, -0.1) is 0 Å². The lowest BCUT2D eigenvalue weighted by atomic mass is 10.0. The number of carbonyl (C=O) groups excluding carboxylic acids is 2. The van der Waals surface area contributed by atoms with Crippen LogP contribution in [0.5, 0.6) is 0 Å². The Morgan fingerprint density at radius 1 is 1.16 bits per heavy atom. The molecule has 1 unspecified atom stereocenters. The number of benzene rings is 2. The van der Waals surface area contributed by atoms with Gasteiger partial charge in [0.15, 0.2) is 0 Å². The van der Waals surface area contributed by atoms with Gasteiger partial charge in [0, 0.05) is 36.3 Å². The molecule has 2 aromatic carbocycles. The van der Waals surface area contributed by atoms with Crippen molar-refractivity contribution in [2.45, 2.75) is 37.6 Å². The first-order chi connectivity index (χ1) is 15.1. The van der Waals surface area contributed by atoms with Crippen LogP contribution < -0.4 is 10.0 Å². The van der Waals surface area contributed by atoms with E-state index in [0.717, 1.165) is 25.0 Å². The van der Waals surface area contributed by atoms with Gasteiger partial charge in [-0.25, -0.2) is 12.8 Å². The summed E-state index contributed by atoms with van der Waals surface area (Å²) in [5.41, 5.74) is 0.337. The molecule has 2 amide bonds. The molecule has 0 bridgehead atoms. The Morgan fingerprint density at radius 3 is 2.50 bits per heavy atom. The van der Waals surface area contributed by atoms with Gasteiger partial charge in [0.25, 0.3) is 15.9 Å². The second-order valence-corrected chi connectivity index (χ2v) is 10.1. The largest absolute Gasteiger partial charge is 0.351 e. The van der Waals surface area contributed by atoms with E-state index in [4.69, 9.17) is 11.6 Å². The fourth-order valence-electron chi connectivity index (χ4n) is 3.40. The zero-order valence-electron chi connectivity index (χ0n) is 17.8. The summed E-state index contributed by atoms with van der Waals surface area (Å²) < 4.78 is 41.1. The lowest BCUT2D eigenvalue weighted by Crippen LogP contribution is -2.50. The molecule has 1 aliphatic rings. The minimum absolute atomic E-state index is 0.0446. The van der Waals surface area contributed by atoms with E-state index in [2.05, 4.69) is 10.0 Å². The van der Waals surface area contributed by atoms with Gasteiger partial charge in [0.2, 0.25) is 5.91 Å². The van der Waals surface area contributed by atoms with Crippen LogP contribution in [0.2, 0.25) is 5.02 Å². The molecule has 1 saturated heterocycles. The highest BCUT2D eigenvalue weighted by Crippen LogP contribution is 2.26. The van der Waals surface area contributed by atoms with Crippen LogP contribution in [0.1, 0.15) is 37.0 Å². The molecule has 0 spiro atoms. The van der Waals surface area contributed by atoms with E-state index < -0.39 is 15.8 Å². The van der Waals surface area contributed by atoms with E-state index in [1.165, 1.54) is 30.3 Å². The van der Waals surface area contributed by atoms with Crippen molar-refractivity contribution in [3.05, 3.63) is 58.9 Å². The number of piperidine rings is 1. The summed E-state index contributed by atoms with van der Waals surface area (Å²) in [6.45, 7) is 4.45. The first-order valence-electron chi connectivity index (χ1n) is 10.2. The van der Waals surface area contributed by atoms with Crippen LogP contribution in [-0.2, 0) is 14.8 Å². The molecule has 0 saturated carbocycles. The lowest BCUT2D eigenvalue weighted by Gasteiger charge is -2.33. The highest BCUT2D eigenvalue weighted by atomic mass is 35.5. The van der Waals surface area contributed by atoms with Gasteiger partial charge in [-0.3, -0.25) is 14.3 Å². The van der Waals surface area contributed by atoms with Crippen LogP contribution in [0.4, 0.5) is 10.1 Å². The summed E-state index contributed by atoms with van der Waals surface area (Å²) >= 11 is 6.12. The summed E-state index contributed by atoms with van der Waals surface area (Å²) in [6, 6.07) is 8.73.